The molecule has 0 saturated carbocycles. The van der Waals surface area contributed by atoms with Gasteiger partial charge in [0, 0.05) is 5.69 Å². The molecule has 110 valence electrons. The molecule has 1 rings (SSSR count). The first-order chi connectivity index (χ1) is 9.17. The predicted octanol–water partition coefficient (Wildman–Crippen LogP) is 0.454. The van der Waals surface area contributed by atoms with Gasteiger partial charge in [0.05, 0.1) is 12.0 Å². The summed E-state index contributed by atoms with van der Waals surface area (Å²) in [6.07, 6.45) is -0.691. The number of hydrogen-bond donors (Lipinski definition) is 2. The summed E-state index contributed by atoms with van der Waals surface area (Å²) in [4.78, 5) is 22.6. The number of nitrogens with two attached hydrogens (primary N) is 1. The summed E-state index contributed by atoms with van der Waals surface area (Å²) >= 11 is 0. The fourth-order valence-electron chi connectivity index (χ4n) is 1.53. The molecule has 1 amide bonds. The molecule has 1 aromatic rings. The third-order valence-corrected chi connectivity index (χ3v) is 2.40. The number of aliphatic carboxylic acids is 1. The van der Waals surface area contributed by atoms with E-state index in [1.807, 2.05) is 0 Å². The Labute approximate surface area is 117 Å². The highest BCUT2D eigenvalue weighted by Crippen LogP contribution is 2.10. The van der Waals surface area contributed by atoms with Gasteiger partial charge in [-0.3, -0.25) is 0 Å². The maximum Gasteiger partial charge on any atom is 0.408 e. The molecule has 0 saturated heterocycles. The summed E-state index contributed by atoms with van der Waals surface area (Å²) in [7, 11) is 0. The smallest absolute Gasteiger partial charge is 0.408 e. The van der Waals surface area contributed by atoms with Crippen LogP contribution in [0.2, 0.25) is 0 Å². The topological polar surface area (TPSA) is 104 Å². The van der Waals surface area contributed by atoms with Gasteiger partial charge in [0.1, 0.15) is 5.60 Å². The quantitative estimate of drug-likeness (QED) is 0.779. The number of nitrogens with one attached hydrogen (secondary N) is 1. The Morgan fingerprint density at radius 3 is 2.30 bits per heavy atom. The van der Waals surface area contributed by atoms with E-state index >= 15 is 0 Å². The average molecular weight is 279 g/mol. The maximum atomic E-state index is 11.6. The lowest BCUT2D eigenvalue weighted by Gasteiger charge is -2.24. The maximum absolute atomic E-state index is 11.6. The zero-order valence-electron chi connectivity index (χ0n) is 11.8. The number of carbonyl (C=O) groups is 2. The first-order valence-corrected chi connectivity index (χ1v) is 6.22. The van der Waals surface area contributed by atoms with Crippen molar-refractivity contribution >= 4 is 17.7 Å². The molecule has 0 spiro atoms. The summed E-state index contributed by atoms with van der Waals surface area (Å²) in [6, 6.07) is 5.56. The van der Waals surface area contributed by atoms with Gasteiger partial charge >= 0.3 is 6.09 Å². The van der Waals surface area contributed by atoms with Crippen molar-refractivity contribution in [1.82, 2.24) is 5.32 Å². The van der Waals surface area contributed by atoms with E-state index in [-0.39, 0.29) is 6.42 Å². The number of benzene rings is 1. The Hall–Kier alpha value is -2.24. The molecule has 0 unspecified atom stereocenters. The number of anilines is 1. The lowest BCUT2D eigenvalue weighted by molar-refractivity contribution is -0.308. The third kappa shape index (κ3) is 5.60. The molecule has 0 bridgehead atoms. The predicted molar refractivity (Wildman–Crippen MR) is 72.7 cm³/mol. The standard InChI is InChI=1S/C14H20N2O4/c1-14(2,3)20-13(19)16-11(12(17)18)8-9-4-6-10(15)7-5-9/h4-7,11H,8,15H2,1-3H3,(H,16,19)(H,17,18)/p-1/t11-/m1/s1. The molecular formula is C14H19N2O4-. The molecule has 6 heteroatoms. The first-order valence-electron chi connectivity index (χ1n) is 6.22. The second-order valence-corrected chi connectivity index (χ2v) is 5.46. The van der Waals surface area contributed by atoms with Gasteiger partial charge in [0.2, 0.25) is 0 Å². The third-order valence-electron chi connectivity index (χ3n) is 2.40. The van der Waals surface area contributed by atoms with Gasteiger partial charge in [0.25, 0.3) is 0 Å². The van der Waals surface area contributed by atoms with E-state index in [1.165, 1.54) is 0 Å². The largest absolute Gasteiger partial charge is 0.548 e. The van der Waals surface area contributed by atoms with Crippen LogP contribution in [0.1, 0.15) is 26.3 Å². The number of amides is 1. The Bertz CT molecular complexity index is 477. The number of rotatable bonds is 4. The number of carboxylic acids is 1. The molecule has 0 fully saturated rings. The zero-order valence-corrected chi connectivity index (χ0v) is 11.8. The lowest BCUT2D eigenvalue weighted by atomic mass is 10.1. The van der Waals surface area contributed by atoms with Crippen LogP contribution >= 0.6 is 0 Å². The fourth-order valence-corrected chi connectivity index (χ4v) is 1.53. The van der Waals surface area contributed by atoms with Gasteiger partial charge in [-0.1, -0.05) is 12.1 Å². The van der Waals surface area contributed by atoms with E-state index in [0.717, 1.165) is 5.56 Å². The summed E-state index contributed by atoms with van der Waals surface area (Å²) in [5, 5.41) is 13.3. The molecule has 20 heavy (non-hydrogen) atoms. The van der Waals surface area contributed by atoms with Crippen molar-refractivity contribution in [1.29, 1.82) is 0 Å². The molecule has 0 aliphatic carbocycles. The van der Waals surface area contributed by atoms with Gasteiger partial charge in [0.15, 0.2) is 0 Å². The Morgan fingerprint density at radius 1 is 1.30 bits per heavy atom. The summed E-state index contributed by atoms with van der Waals surface area (Å²) in [5.74, 6) is -1.37. The molecule has 0 radical (unpaired) electrons. The molecule has 1 atom stereocenters. The Balaban J connectivity index is 2.68. The van der Waals surface area contributed by atoms with Gasteiger partial charge in [-0.15, -0.1) is 0 Å². The van der Waals surface area contributed by atoms with E-state index in [1.54, 1.807) is 45.0 Å². The lowest BCUT2D eigenvalue weighted by Crippen LogP contribution is -2.50. The zero-order chi connectivity index (χ0) is 15.3. The minimum atomic E-state index is -1.37. The average Bonchev–Trinajstić information content (AvgIpc) is 2.28. The Kier molecular flexibility index (Phi) is 4.96. The van der Waals surface area contributed by atoms with E-state index < -0.39 is 23.7 Å². The van der Waals surface area contributed by atoms with Gasteiger partial charge in [-0.2, -0.15) is 0 Å². The number of carbonyl (C=O) groups excluding carboxylic acids is 2. The SMILES string of the molecule is CC(C)(C)OC(=O)N[C@H](Cc1ccc(N)cc1)C(=O)[O-]. The van der Waals surface area contributed by atoms with Crippen LogP contribution < -0.4 is 16.2 Å². The number of nitrogen functional groups attached to an aromatic ring is 1. The number of alkyl carbamates (subject to hydrolysis) is 1. The molecule has 0 heterocycles. The van der Waals surface area contributed by atoms with Crippen LogP contribution in [0, 0.1) is 0 Å². The summed E-state index contributed by atoms with van der Waals surface area (Å²) in [5.41, 5.74) is 6.16. The highest BCUT2D eigenvalue weighted by molar-refractivity contribution is 5.79. The van der Waals surface area contributed by atoms with Crippen LogP contribution in [-0.4, -0.2) is 23.7 Å². The van der Waals surface area contributed by atoms with E-state index in [4.69, 9.17) is 10.5 Å². The monoisotopic (exact) mass is 279 g/mol. The number of hydrogen-bond acceptors (Lipinski definition) is 5. The normalized spacial score (nSPS) is 12.6. The van der Waals surface area contributed by atoms with E-state index in [0.29, 0.717) is 5.69 Å². The molecular weight excluding hydrogens is 260 g/mol. The number of carboxylic acid groups (broad SMARTS) is 1. The molecule has 0 aromatic heterocycles. The van der Waals surface area contributed by atoms with Crippen molar-refractivity contribution in [2.45, 2.75) is 38.8 Å². The van der Waals surface area contributed by atoms with Crippen LogP contribution in [0.5, 0.6) is 0 Å². The van der Waals surface area contributed by atoms with Crippen molar-refractivity contribution in [3.63, 3.8) is 0 Å². The van der Waals surface area contributed by atoms with Crippen LogP contribution in [0.15, 0.2) is 24.3 Å². The van der Waals surface area contributed by atoms with Crippen molar-refractivity contribution in [3.8, 4) is 0 Å². The molecule has 3 N–H and O–H groups in total. The Morgan fingerprint density at radius 2 is 1.85 bits per heavy atom. The molecule has 0 aliphatic rings. The minimum Gasteiger partial charge on any atom is -0.548 e. The number of ether oxygens (including phenoxy) is 1. The first kappa shape index (κ1) is 15.8. The molecule has 1 aromatic carbocycles. The van der Waals surface area contributed by atoms with Crippen molar-refractivity contribution in [2.75, 3.05) is 5.73 Å². The van der Waals surface area contributed by atoms with Gasteiger partial charge in [-0.25, -0.2) is 4.79 Å². The minimum absolute atomic E-state index is 0.0991. The van der Waals surface area contributed by atoms with Crippen molar-refractivity contribution in [2.24, 2.45) is 0 Å². The molecule has 6 nitrogen and oxygen atoms in total. The van der Waals surface area contributed by atoms with Crippen LogP contribution in [0.3, 0.4) is 0 Å². The second kappa shape index (κ2) is 6.27. The van der Waals surface area contributed by atoms with Crippen molar-refractivity contribution < 1.29 is 19.4 Å². The van der Waals surface area contributed by atoms with Gasteiger partial charge in [-0.05, 0) is 44.9 Å². The second-order valence-electron chi connectivity index (χ2n) is 5.46. The van der Waals surface area contributed by atoms with Crippen LogP contribution in [-0.2, 0) is 16.0 Å². The van der Waals surface area contributed by atoms with Crippen LogP contribution in [0.4, 0.5) is 10.5 Å². The fraction of sp³-hybridized carbons (Fsp3) is 0.429. The van der Waals surface area contributed by atoms with E-state index in [2.05, 4.69) is 5.32 Å². The summed E-state index contributed by atoms with van der Waals surface area (Å²) < 4.78 is 5.01. The van der Waals surface area contributed by atoms with E-state index in [9.17, 15) is 14.7 Å². The van der Waals surface area contributed by atoms with Gasteiger partial charge < -0.3 is 25.7 Å². The highest BCUT2D eigenvalue weighted by Gasteiger charge is 2.20. The summed E-state index contributed by atoms with van der Waals surface area (Å²) in [6.45, 7) is 5.09. The van der Waals surface area contributed by atoms with Crippen LogP contribution in [0.25, 0.3) is 0 Å². The molecule has 0 aliphatic heterocycles. The van der Waals surface area contributed by atoms with Crippen molar-refractivity contribution in [3.05, 3.63) is 29.8 Å². The highest BCUT2D eigenvalue weighted by atomic mass is 16.6.